The van der Waals surface area contributed by atoms with E-state index in [0.29, 0.717) is 41.7 Å². The number of carbonyl (C=O) groups is 1. The van der Waals surface area contributed by atoms with Gasteiger partial charge in [0.2, 0.25) is 0 Å². The zero-order chi connectivity index (χ0) is 31.7. The lowest BCUT2D eigenvalue weighted by Crippen LogP contribution is -2.64. The molecule has 0 bridgehead atoms. The van der Waals surface area contributed by atoms with Gasteiger partial charge in [-0.2, -0.15) is 0 Å². The number of piperazine rings is 1. The second-order valence-corrected chi connectivity index (χ2v) is 12.9. The minimum absolute atomic E-state index is 0.0173. The van der Waals surface area contributed by atoms with Gasteiger partial charge in [-0.05, 0) is 61.7 Å². The van der Waals surface area contributed by atoms with Crippen LogP contribution in [0.4, 0.5) is 14.5 Å². The van der Waals surface area contributed by atoms with Crippen molar-refractivity contribution in [1.82, 2.24) is 14.5 Å². The number of para-hydroxylation sites is 1. The van der Waals surface area contributed by atoms with E-state index in [9.17, 15) is 9.18 Å². The Morgan fingerprint density at radius 2 is 1.89 bits per heavy atom. The van der Waals surface area contributed by atoms with Crippen LogP contribution in [0.2, 0.25) is 5.02 Å². The lowest BCUT2D eigenvalue weighted by atomic mass is 9.81. The molecular weight excluding hydrogens is 618 g/mol. The number of fused-ring (bicyclic) bond motifs is 3. The van der Waals surface area contributed by atoms with Gasteiger partial charge in [0.25, 0.3) is 5.79 Å². The van der Waals surface area contributed by atoms with E-state index in [1.807, 2.05) is 22.8 Å². The summed E-state index contributed by atoms with van der Waals surface area (Å²) in [6.45, 7) is 4.94. The van der Waals surface area contributed by atoms with Crippen LogP contribution in [0.15, 0.2) is 48.5 Å². The number of hydrogen-bond acceptors (Lipinski definition) is 8. The maximum Gasteiger partial charge on any atom is 0.338 e. The first-order valence-electron chi connectivity index (χ1n) is 15.6. The minimum Gasteiger partial charge on any atom is -0.465 e. The second kappa shape index (κ2) is 11.1. The van der Waals surface area contributed by atoms with Gasteiger partial charge in [-0.25, -0.2) is 18.6 Å². The van der Waals surface area contributed by atoms with E-state index in [0.717, 1.165) is 43.9 Å². The standard InChI is InChI=1S/C34H33ClF2N4O5/c1-34(22-7-6-20(35)16-23(22)36)45-29-5-3-4-27(32(29)46-34)40-12-11-39(25-8-9-26(25)40)18-30-38-31-24(37)14-19(33(42)43-2)15-28(31)41(30)17-21-10-13-44-21/h3-7,14-16,21,25-26H,8-13,17-18H2,1-2H3/t21-,25-,26+,34-/m0/s1. The fourth-order valence-corrected chi connectivity index (χ4v) is 7.39. The van der Waals surface area contributed by atoms with E-state index in [2.05, 4.69) is 9.80 Å². The number of esters is 1. The number of carbonyl (C=O) groups excluding carboxylic acids is 1. The third-order valence-electron chi connectivity index (χ3n) is 9.82. The number of methoxy groups -OCH3 is 1. The SMILES string of the molecule is COC(=O)c1cc(F)c2nc(CN3CCN(c4cccc5c4O[C@@](C)(c4ccc(Cl)cc4F)O5)[C@@H]4CC[C@@H]43)n(C[C@@H]3CCO3)c2c1. The van der Waals surface area contributed by atoms with Crippen LogP contribution in [0.25, 0.3) is 11.0 Å². The molecule has 240 valence electrons. The zero-order valence-electron chi connectivity index (χ0n) is 25.5. The van der Waals surface area contributed by atoms with E-state index < -0.39 is 23.4 Å². The van der Waals surface area contributed by atoms with Crippen LogP contribution >= 0.6 is 11.6 Å². The fraction of sp³-hybridized carbons (Fsp3) is 0.412. The van der Waals surface area contributed by atoms with Crippen molar-refractivity contribution < 1.29 is 32.5 Å². The second-order valence-electron chi connectivity index (χ2n) is 12.5. The van der Waals surface area contributed by atoms with Crippen molar-refractivity contribution in [3.63, 3.8) is 0 Å². The van der Waals surface area contributed by atoms with Crippen LogP contribution in [0, 0.1) is 11.6 Å². The summed E-state index contributed by atoms with van der Waals surface area (Å²) in [5.74, 6) is -1.07. The molecule has 2 saturated heterocycles. The van der Waals surface area contributed by atoms with E-state index >= 15 is 4.39 Å². The summed E-state index contributed by atoms with van der Waals surface area (Å²) < 4.78 is 55.4. The molecule has 0 radical (unpaired) electrons. The van der Waals surface area contributed by atoms with Gasteiger partial charge in [-0.15, -0.1) is 0 Å². The fourth-order valence-electron chi connectivity index (χ4n) is 7.23. The van der Waals surface area contributed by atoms with Crippen molar-refractivity contribution in [2.45, 2.75) is 63.3 Å². The van der Waals surface area contributed by atoms with Gasteiger partial charge in [0.15, 0.2) is 17.3 Å². The topological polar surface area (TPSA) is 78.3 Å². The molecule has 0 spiro atoms. The summed E-state index contributed by atoms with van der Waals surface area (Å²) in [4.78, 5) is 21.8. The minimum atomic E-state index is -1.33. The maximum absolute atomic E-state index is 15.3. The van der Waals surface area contributed by atoms with Crippen LogP contribution in [-0.2, 0) is 28.4 Å². The lowest BCUT2D eigenvalue weighted by molar-refractivity contribution is -0.0706. The van der Waals surface area contributed by atoms with Gasteiger partial charge in [0.05, 0.1) is 48.6 Å². The normalized spacial score (nSPS) is 25.2. The van der Waals surface area contributed by atoms with Gasteiger partial charge in [0.1, 0.15) is 17.2 Å². The molecule has 46 heavy (non-hydrogen) atoms. The third kappa shape index (κ3) is 4.78. The first-order valence-corrected chi connectivity index (χ1v) is 16.0. The van der Waals surface area contributed by atoms with Crippen molar-refractivity contribution in [1.29, 1.82) is 0 Å². The van der Waals surface area contributed by atoms with Crippen LogP contribution in [0.3, 0.4) is 0 Å². The number of halogens is 3. The Bertz CT molecular complexity index is 1870. The molecule has 0 amide bonds. The molecule has 4 aromatic rings. The summed E-state index contributed by atoms with van der Waals surface area (Å²) in [7, 11) is 1.28. The maximum atomic E-state index is 15.3. The molecule has 3 aromatic carbocycles. The third-order valence-corrected chi connectivity index (χ3v) is 10.1. The largest absolute Gasteiger partial charge is 0.465 e. The Kier molecular flexibility index (Phi) is 7.11. The van der Waals surface area contributed by atoms with Gasteiger partial charge >= 0.3 is 5.97 Å². The smallest absolute Gasteiger partial charge is 0.338 e. The predicted molar refractivity (Wildman–Crippen MR) is 166 cm³/mol. The Balaban J connectivity index is 1.06. The summed E-state index contributed by atoms with van der Waals surface area (Å²) in [6, 6.07) is 13.6. The molecule has 3 fully saturated rings. The molecule has 8 rings (SSSR count). The number of ether oxygens (including phenoxy) is 4. The number of nitrogens with zero attached hydrogens (tertiary/aromatic N) is 4. The number of aromatic nitrogens is 2. The zero-order valence-corrected chi connectivity index (χ0v) is 26.2. The number of anilines is 1. The predicted octanol–water partition coefficient (Wildman–Crippen LogP) is 6.04. The monoisotopic (exact) mass is 650 g/mol. The Morgan fingerprint density at radius 1 is 1.07 bits per heavy atom. The van der Waals surface area contributed by atoms with Gasteiger partial charge in [-0.1, -0.05) is 17.7 Å². The molecule has 1 aromatic heterocycles. The molecule has 12 heteroatoms. The van der Waals surface area contributed by atoms with Crippen LogP contribution < -0.4 is 14.4 Å². The highest BCUT2D eigenvalue weighted by atomic mass is 35.5. The van der Waals surface area contributed by atoms with E-state index in [1.54, 1.807) is 25.1 Å². The van der Waals surface area contributed by atoms with Crippen molar-refractivity contribution in [2.75, 3.05) is 31.7 Å². The Morgan fingerprint density at radius 3 is 2.61 bits per heavy atom. The van der Waals surface area contributed by atoms with Crippen molar-refractivity contribution in [3.8, 4) is 11.5 Å². The van der Waals surface area contributed by atoms with E-state index in [1.165, 1.54) is 19.2 Å². The molecule has 9 nitrogen and oxygen atoms in total. The van der Waals surface area contributed by atoms with Crippen LogP contribution in [0.1, 0.15) is 47.9 Å². The summed E-state index contributed by atoms with van der Waals surface area (Å²) in [5, 5.41) is 0.304. The van der Waals surface area contributed by atoms with E-state index in [4.69, 9.17) is 35.5 Å². The Labute approximate surface area is 269 Å². The molecular formula is C34H33ClF2N4O5. The molecule has 0 N–H and O–H groups in total. The summed E-state index contributed by atoms with van der Waals surface area (Å²) >= 11 is 6.00. The van der Waals surface area contributed by atoms with Crippen molar-refractivity contribution >= 4 is 34.3 Å². The number of benzene rings is 3. The molecule has 3 aliphatic heterocycles. The number of imidazole rings is 1. The molecule has 4 aliphatic rings. The lowest BCUT2D eigenvalue weighted by Gasteiger charge is -2.54. The number of rotatable bonds is 7. The van der Waals surface area contributed by atoms with Crippen molar-refractivity contribution in [3.05, 3.63) is 82.1 Å². The highest BCUT2D eigenvalue weighted by Gasteiger charge is 2.47. The van der Waals surface area contributed by atoms with Gasteiger partial charge < -0.3 is 28.4 Å². The molecule has 1 saturated carbocycles. The summed E-state index contributed by atoms with van der Waals surface area (Å²) in [6.07, 6.45) is 2.94. The first-order chi connectivity index (χ1) is 22.2. The van der Waals surface area contributed by atoms with Crippen LogP contribution in [-0.4, -0.2) is 65.4 Å². The van der Waals surface area contributed by atoms with E-state index in [-0.39, 0.29) is 34.8 Å². The molecule has 4 atom stereocenters. The van der Waals surface area contributed by atoms with Gasteiger partial charge in [0, 0.05) is 43.7 Å². The first kappa shape index (κ1) is 29.5. The quantitative estimate of drug-likeness (QED) is 0.224. The van der Waals surface area contributed by atoms with Crippen molar-refractivity contribution in [2.24, 2.45) is 0 Å². The van der Waals surface area contributed by atoms with Crippen LogP contribution in [0.5, 0.6) is 11.5 Å². The average Bonchev–Trinajstić information content (AvgIpc) is 3.52. The Hall–Kier alpha value is -3.93. The average molecular weight is 651 g/mol. The number of hydrogen-bond donors (Lipinski definition) is 0. The highest BCUT2D eigenvalue weighted by Crippen LogP contribution is 2.51. The molecule has 0 unspecified atom stereocenters. The molecule has 4 heterocycles. The summed E-state index contributed by atoms with van der Waals surface area (Å²) in [5.41, 5.74) is 2.14. The van der Waals surface area contributed by atoms with Gasteiger partial charge in [-0.3, -0.25) is 4.90 Å². The molecule has 1 aliphatic carbocycles. The highest BCUT2D eigenvalue weighted by molar-refractivity contribution is 6.30.